The average molecular weight is 319 g/mol. The summed E-state index contributed by atoms with van der Waals surface area (Å²) in [5.74, 6) is -0.356. The van der Waals surface area contributed by atoms with Gasteiger partial charge < -0.3 is 10.5 Å². The van der Waals surface area contributed by atoms with Crippen molar-refractivity contribution in [1.82, 2.24) is 9.97 Å². The van der Waals surface area contributed by atoms with Crippen molar-refractivity contribution in [3.63, 3.8) is 0 Å². The number of halogens is 3. The van der Waals surface area contributed by atoms with E-state index in [0.29, 0.717) is 4.47 Å². The van der Waals surface area contributed by atoms with Gasteiger partial charge in [0.2, 0.25) is 5.88 Å². The fourth-order valence-electron chi connectivity index (χ4n) is 1.10. The number of nitrogens with two attached hydrogens (primary N) is 1. The Morgan fingerprint density at radius 2 is 2.12 bits per heavy atom. The van der Waals surface area contributed by atoms with Crippen LogP contribution >= 0.6 is 27.5 Å². The van der Waals surface area contributed by atoms with Crippen LogP contribution in [-0.2, 0) is 0 Å². The van der Waals surface area contributed by atoms with Crippen LogP contribution in [0.4, 0.5) is 10.2 Å². The molecule has 1 aromatic heterocycles. The van der Waals surface area contributed by atoms with Crippen molar-refractivity contribution in [2.24, 2.45) is 0 Å². The van der Waals surface area contributed by atoms with Crippen molar-refractivity contribution in [1.29, 1.82) is 0 Å². The lowest BCUT2D eigenvalue weighted by Crippen LogP contribution is -1.97. The molecule has 1 heterocycles. The number of hydrogen-bond donors (Lipinski definition) is 1. The molecule has 2 rings (SSSR count). The molecule has 0 saturated carbocycles. The van der Waals surface area contributed by atoms with E-state index in [0.717, 1.165) is 0 Å². The smallest absolute Gasteiger partial charge is 0.239 e. The molecule has 0 aliphatic carbocycles. The largest absolute Gasteiger partial charge is 0.435 e. The van der Waals surface area contributed by atoms with Crippen LogP contribution in [0.2, 0.25) is 5.02 Å². The van der Waals surface area contributed by atoms with Gasteiger partial charge in [-0.25, -0.2) is 14.4 Å². The summed E-state index contributed by atoms with van der Waals surface area (Å²) in [6, 6.07) is 4.43. The van der Waals surface area contributed by atoms with Crippen LogP contribution in [0.25, 0.3) is 0 Å². The maximum Gasteiger partial charge on any atom is 0.239 e. The minimum absolute atomic E-state index is 0.0272. The molecule has 88 valence electrons. The highest BCUT2D eigenvalue weighted by molar-refractivity contribution is 9.10. The van der Waals surface area contributed by atoms with Crippen LogP contribution in [0, 0.1) is 5.82 Å². The summed E-state index contributed by atoms with van der Waals surface area (Å²) in [7, 11) is 0. The summed E-state index contributed by atoms with van der Waals surface area (Å²) in [4.78, 5) is 7.58. The van der Waals surface area contributed by atoms with Gasteiger partial charge in [-0.1, -0.05) is 17.7 Å². The monoisotopic (exact) mass is 317 g/mol. The number of nitrogens with zero attached hydrogens (tertiary/aromatic N) is 2. The molecule has 4 nitrogen and oxygen atoms in total. The highest BCUT2D eigenvalue weighted by Crippen LogP contribution is 2.33. The van der Waals surface area contributed by atoms with E-state index in [1.54, 1.807) is 6.07 Å². The van der Waals surface area contributed by atoms with E-state index in [9.17, 15) is 4.39 Å². The summed E-state index contributed by atoms with van der Waals surface area (Å²) < 4.78 is 19.2. The molecule has 0 atom stereocenters. The second-order valence-electron chi connectivity index (χ2n) is 3.03. The molecule has 17 heavy (non-hydrogen) atoms. The van der Waals surface area contributed by atoms with Crippen LogP contribution in [-0.4, -0.2) is 9.97 Å². The first kappa shape index (κ1) is 12.1. The normalized spacial score (nSPS) is 10.3. The number of ether oxygens (including phenoxy) is 1. The Morgan fingerprint density at radius 3 is 2.88 bits per heavy atom. The lowest BCUT2D eigenvalue weighted by atomic mass is 10.3. The minimum atomic E-state index is -0.654. The van der Waals surface area contributed by atoms with Crippen molar-refractivity contribution in [3.05, 3.63) is 39.8 Å². The summed E-state index contributed by atoms with van der Waals surface area (Å²) in [6.07, 6.45) is 1.22. The van der Waals surface area contributed by atoms with Gasteiger partial charge in [-0.05, 0) is 28.1 Å². The number of anilines is 1. The quantitative estimate of drug-likeness (QED) is 0.922. The molecule has 1 aromatic carbocycles. The third kappa shape index (κ3) is 2.48. The molecule has 0 unspecified atom stereocenters. The highest BCUT2D eigenvalue weighted by Gasteiger charge is 2.12. The third-order valence-corrected chi connectivity index (χ3v) is 2.94. The molecule has 7 heteroatoms. The maximum absolute atomic E-state index is 13.6. The molecular weight excluding hydrogens is 312 g/mol. The number of aromatic nitrogens is 2. The van der Waals surface area contributed by atoms with Crippen LogP contribution in [0.1, 0.15) is 0 Å². The second kappa shape index (κ2) is 4.85. The van der Waals surface area contributed by atoms with E-state index in [1.165, 1.54) is 18.5 Å². The zero-order chi connectivity index (χ0) is 12.4. The van der Waals surface area contributed by atoms with E-state index in [4.69, 9.17) is 22.1 Å². The minimum Gasteiger partial charge on any atom is -0.435 e. The Balaban J connectivity index is 2.38. The van der Waals surface area contributed by atoms with Crippen LogP contribution < -0.4 is 10.5 Å². The molecule has 0 saturated heterocycles. The molecule has 0 spiro atoms. The van der Waals surface area contributed by atoms with Gasteiger partial charge in [-0.15, -0.1) is 0 Å². The fraction of sp³-hybridized carbons (Fsp3) is 0. The van der Waals surface area contributed by atoms with Crippen LogP contribution in [0.3, 0.4) is 0 Å². The molecule has 0 radical (unpaired) electrons. The Morgan fingerprint density at radius 1 is 1.35 bits per heavy atom. The van der Waals surface area contributed by atoms with E-state index < -0.39 is 5.82 Å². The fourth-order valence-corrected chi connectivity index (χ4v) is 1.56. The van der Waals surface area contributed by atoms with Crippen molar-refractivity contribution in [3.8, 4) is 11.6 Å². The topological polar surface area (TPSA) is 61.0 Å². The zero-order valence-corrected chi connectivity index (χ0v) is 10.7. The first-order chi connectivity index (χ1) is 8.09. The molecule has 0 aliphatic rings. The summed E-state index contributed by atoms with van der Waals surface area (Å²) in [5.41, 5.74) is 5.54. The van der Waals surface area contributed by atoms with Crippen molar-refractivity contribution in [2.75, 3.05) is 5.73 Å². The van der Waals surface area contributed by atoms with Gasteiger partial charge in [0.05, 0.1) is 5.02 Å². The first-order valence-corrected chi connectivity index (χ1v) is 5.64. The number of nitrogen functional groups attached to an aromatic ring is 1. The Labute approximate surface area is 110 Å². The number of benzene rings is 1. The van der Waals surface area contributed by atoms with Gasteiger partial charge in [0.1, 0.15) is 16.6 Å². The highest BCUT2D eigenvalue weighted by atomic mass is 79.9. The standard InChI is InChI=1S/C10H6BrClFN3O/c11-7-9(14)15-4-16-10(7)17-6-3-1-2-5(12)8(6)13/h1-4H,(H2,14,15,16). The van der Waals surface area contributed by atoms with Gasteiger partial charge in [0.15, 0.2) is 11.6 Å². The first-order valence-electron chi connectivity index (χ1n) is 4.47. The lowest BCUT2D eigenvalue weighted by Gasteiger charge is -2.08. The maximum atomic E-state index is 13.6. The Bertz CT molecular complexity index is 518. The summed E-state index contributed by atoms with van der Waals surface area (Å²) >= 11 is 8.78. The average Bonchev–Trinajstić information content (AvgIpc) is 2.31. The lowest BCUT2D eigenvalue weighted by molar-refractivity contribution is 0.424. The van der Waals surface area contributed by atoms with E-state index in [-0.39, 0.29) is 22.5 Å². The summed E-state index contributed by atoms with van der Waals surface area (Å²) in [5, 5.41) is -0.0272. The zero-order valence-electron chi connectivity index (χ0n) is 8.32. The van der Waals surface area contributed by atoms with E-state index in [2.05, 4.69) is 25.9 Å². The molecule has 0 bridgehead atoms. The number of hydrogen-bond acceptors (Lipinski definition) is 4. The van der Waals surface area contributed by atoms with Crippen molar-refractivity contribution in [2.45, 2.75) is 0 Å². The van der Waals surface area contributed by atoms with Gasteiger partial charge in [0, 0.05) is 0 Å². The third-order valence-electron chi connectivity index (χ3n) is 1.91. The van der Waals surface area contributed by atoms with Gasteiger partial charge >= 0.3 is 0 Å². The molecule has 0 amide bonds. The number of rotatable bonds is 2. The second-order valence-corrected chi connectivity index (χ2v) is 4.23. The predicted octanol–water partition coefficient (Wildman–Crippen LogP) is 3.41. The molecule has 2 aromatic rings. The SMILES string of the molecule is Nc1ncnc(Oc2cccc(Cl)c2F)c1Br. The molecule has 0 aliphatic heterocycles. The summed E-state index contributed by atoms with van der Waals surface area (Å²) in [6.45, 7) is 0. The van der Waals surface area contributed by atoms with Crippen molar-refractivity contribution < 1.29 is 9.13 Å². The molecule has 2 N–H and O–H groups in total. The van der Waals surface area contributed by atoms with E-state index in [1.807, 2.05) is 0 Å². The van der Waals surface area contributed by atoms with Gasteiger partial charge in [-0.3, -0.25) is 0 Å². The Hall–Kier alpha value is -1.40. The van der Waals surface area contributed by atoms with Gasteiger partial charge in [-0.2, -0.15) is 0 Å². The molecule has 0 fully saturated rings. The molecular formula is C10H6BrClFN3O. The van der Waals surface area contributed by atoms with Crippen molar-refractivity contribution >= 4 is 33.3 Å². The Kier molecular flexibility index (Phi) is 3.44. The van der Waals surface area contributed by atoms with Gasteiger partial charge in [0.25, 0.3) is 0 Å². The van der Waals surface area contributed by atoms with Crippen LogP contribution in [0.5, 0.6) is 11.6 Å². The van der Waals surface area contributed by atoms with Crippen LogP contribution in [0.15, 0.2) is 29.0 Å². The predicted molar refractivity (Wildman–Crippen MR) is 65.6 cm³/mol. The van der Waals surface area contributed by atoms with E-state index >= 15 is 0 Å².